The van der Waals surface area contributed by atoms with Gasteiger partial charge in [0.25, 0.3) is 0 Å². The molecule has 63 heavy (non-hydrogen) atoms. The Kier molecular flexibility index (Phi) is 12.8. The Morgan fingerprint density at radius 1 is 0.556 bits per heavy atom. The van der Waals surface area contributed by atoms with Crippen LogP contribution in [-0.2, 0) is 27.5 Å². The molecule has 0 fully saturated rings. The molecule has 9 rings (SSSR count). The SMILES string of the molecule is CC(C)Cc1ccc(-n2c(-c3cc(C(C)C)cc(C(C)C)c3O)nc3c(-c4[c-]c(-c5cc(-c6ccccc6)ccn5)cc(-c5ccccc5)c4)cccc32)c(-c2ccccc2)c1.[Pt]. The molecule has 7 aromatic carbocycles. The summed E-state index contributed by atoms with van der Waals surface area (Å²) < 4.78 is 2.27. The minimum atomic E-state index is 0. The minimum Gasteiger partial charge on any atom is -0.507 e. The number of imidazole rings is 1. The maximum absolute atomic E-state index is 12.3. The standard InChI is InChI=1S/C58H52N3O.Pt/c1-37(2)29-40-25-26-54(51(30-40)43-21-14-9-15-22-43)61-55-24-16-23-49(56(55)60-58(61)52-35-45(38(3)4)34-50(39(5)6)57(52)62)47-31-46(42-19-12-8-13-20-42)32-48(33-47)53-36-44(27-28-59-53)41-17-10-7-11-18-41;/h7-28,30-32,34-39,62H,29H2,1-6H3;/q-1;. The van der Waals surface area contributed by atoms with E-state index in [1.807, 2.05) is 18.3 Å². The number of fused-ring (bicyclic) bond motifs is 1. The minimum absolute atomic E-state index is 0. The van der Waals surface area contributed by atoms with Crippen LogP contribution in [-0.4, -0.2) is 19.6 Å². The monoisotopic (exact) mass is 1000 g/mol. The number of aromatic hydroxyl groups is 1. The van der Waals surface area contributed by atoms with Crippen LogP contribution in [0.5, 0.6) is 5.75 Å². The molecule has 0 radical (unpaired) electrons. The molecular formula is C58H52N3OPt-. The van der Waals surface area contributed by atoms with Gasteiger partial charge < -0.3 is 5.11 Å². The summed E-state index contributed by atoms with van der Waals surface area (Å²) >= 11 is 0. The number of phenols is 1. The van der Waals surface area contributed by atoms with Crippen LogP contribution in [0.3, 0.4) is 0 Å². The number of rotatable bonds is 11. The molecular weight excluding hydrogens is 950 g/mol. The Labute approximate surface area is 386 Å². The quantitative estimate of drug-likeness (QED) is 0.131. The van der Waals surface area contributed by atoms with Crippen LogP contribution in [0, 0.1) is 12.0 Å². The zero-order valence-corrected chi connectivity index (χ0v) is 39.0. The summed E-state index contributed by atoms with van der Waals surface area (Å²) in [6.07, 6.45) is 2.85. The normalized spacial score (nSPS) is 11.4. The maximum Gasteiger partial charge on any atom is 0.148 e. The van der Waals surface area contributed by atoms with E-state index in [9.17, 15) is 5.11 Å². The number of nitrogens with zero attached hydrogens (tertiary/aromatic N) is 3. The van der Waals surface area contributed by atoms with Gasteiger partial charge in [-0.15, -0.1) is 23.8 Å². The first-order chi connectivity index (χ1) is 30.1. The molecule has 1 N–H and O–H groups in total. The number of pyridine rings is 1. The van der Waals surface area contributed by atoms with Crippen molar-refractivity contribution < 1.29 is 26.2 Å². The molecule has 0 amide bonds. The molecule has 0 aliphatic heterocycles. The summed E-state index contributed by atoms with van der Waals surface area (Å²) in [7, 11) is 0. The molecule has 4 nitrogen and oxygen atoms in total. The van der Waals surface area contributed by atoms with Crippen molar-refractivity contribution in [1.82, 2.24) is 14.5 Å². The molecule has 0 bridgehead atoms. The van der Waals surface area contributed by atoms with Crippen LogP contribution in [0.25, 0.3) is 83.9 Å². The average Bonchev–Trinajstić information content (AvgIpc) is 3.69. The zero-order chi connectivity index (χ0) is 42.9. The fraction of sp³-hybridized carbons (Fsp3) is 0.172. The Balaban J connectivity index is 0.00000544. The van der Waals surface area contributed by atoms with E-state index in [2.05, 4.69) is 204 Å². The van der Waals surface area contributed by atoms with Crippen molar-refractivity contribution in [3.63, 3.8) is 0 Å². The third-order valence-corrected chi connectivity index (χ3v) is 11.8. The number of aromatic nitrogens is 3. The van der Waals surface area contributed by atoms with Gasteiger partial charge in [0.2, 0.25) is 0 Å². The van der Waals surface area contributed by atoms with Gasteiger partial charge in [-0.1, -0.05) is 180 Å². The first-order valence-electron chi connectivity index (χ1n) is 21.8. The predicted molar refractivity (Wildman–Crippen MR) is 259 cm³/mol. The van der Waals surface area contributed by atoms with Crippen molar-refractivity contribution in [2.75, 3.05) is 0 Å². The molecule has 0 unspecified atom stereocenters. The molecule has 5 heteroatoms. The second-order valence-corrected chi connectivity index (χ2v) is 17.4. The van der Waals surface area contributed by atoms with Crippen molar-refractivity contribution >= 4 is 11.0 Å². The molecule has 9 aromatic rings. The summed E-state index contributed by atoms with van der Waals surface area (Å²) in [4.78, 5) is 10.5. The van der Waals surface area contributed by atoms with E-state index in [1.165, 1.54) is 5.56 Å². The van der Waals surface area contributed by atoms with E-state index in [0.29, 0.717) is 11.7 Å². The van der Waals surface area contributed by atoms with E-state index in [4.69, 9.17) is 9.97 Å². The van der Waals surface area contributed by atoms with Crippen LogP contribution in [0.1, 0.15) is 70.1 Å². The van der Waals surface area contributed by atoms with Gasteiger partial charge in [-0.2, -0.15) is 0 Å². The van der Waals surface area contributed by atoms with Crippen LogP contribution >= 0.6 is 0 Å². The largest absolute Gasteiger partial charge is 0.507 e. The van der Waals surface area contributed by atoms with Gasteiger partial charge in [-0.25, -0.2) is 4.98 Å². The summed E-state index contributed by atoms with van der Waals surface area (Å²) in [5.74, 6) is 1.83. The maximum atomic E-state index is 12.3. The van der Waals surface area contributed by atoms with Crippen LogP contribution < -0.4 is 0 Å². The molecule has 0 spiro atoms. The first kappa shape index (κ1) is 43.3. The Morgan fingerprint density at radius 2 is 1.21 bits per heavy atom. The van der Waals surface area contributed by atoms with E-state index in [-0.39, 0.29) is 38.7 Å². The smallest absolute Gasteiger partial charge is 0.148 e. The Morgan fingerprint density at radius 3 is 1.86 bits per heavy atom. The number of benzene rings is 7. The fourth-order valence-corrected chi connectivity index (χ4v) is 8.63. The van der Waals surface area contributed by atoms with Gasteiger partial charge in [0.1, 0.15) is 11.6 Å². The van der Waals surface area contributed by atoms with E-state index in [0.717, 1.165) is 95.6 Å². The van der Waals surface area contributed by atoms with Crippen LogP contribution in [0.2, 0.25) is 0 Å². The number of hydrogen-bond donors (Lipinski definition) is 1. The van der Waals surface area contributed by atoms with Crippen molar-refractivity contribution in [1.29, 1.82) is 0 Å². The van der Waals surface area contributed by atoms with Gasteiger partial charge in [-0.05, 0) is 93.5 Å². The van der Waals surface area contributed by atoms with Gasteiger partial charge in [0.15, 0.2) is 0 Å². The van der Waals surface area contributed by atoms with Crippen molar-refractivity contribution in [3.05, 3.63) is 193 Å². The second-order valence-electron chi connectivity index (χ2n) is 17.4. The number of hydrogen-bond acceptors (Lipinski definition) is 3. The van der Waals surface area contributed by atoms with Crippen LogP contribution in [0.4, 0.5) is 0 Å². The Bertz CT molecular complexity index is 3020. The molecule has 316 valence electrons. The van der Waals surface area contributed by atoms with Gasteiger partial charge in [0.05, 0.1) is 22.3 Å². The number of para-hydroxylation sites is 1. The van der Waals surface area contributed by atoms with Crippen LogP contribution in [0.15, 0.2) is 170 Å². The molecule has 0 aliphatic rings. The fourth-order valence-electron chi connectivity index (χ4n) is 8.63. The summed E-state index contributed by atoms with van der Waals surface area (Å²) in [5.41, 5.74) is 17.1. The predicted octanol–water partition coefficient (Wildman–Crippen LogP) is 15.4. The molecule has 0 saturated heterocycles. The molecule has 0 atom stereocenters. The molecule has 0 saturated carbocycles. The Hall–Kier alpha value is -6.35. The second kappa shape index (κ2) is 18.6. The summed E-state index contributed by atoms with van der Waals surface area (Å²) in [6, 6.07) is 61.6. The van der Waals surface area contributed by atoms with E-state index < -0.39 is 0 Å². The van der Waals surface area contributed by atoms with Crippen molar-refractivity contribution in [2.45, 2.75) is 59.8 Å². The molecule has 2 aromatic heterocycles. The van der Waals surface area contributed by atoms with Gasteiger partial charge in [-0.3, -0.25) is 9.55 Å². The molecule has 0 aliphatic carbocycles. The average molecular weight is 1000 g/mol. The first-order valence-corrected chi connectivity index (χ1v) is 21.8. The summed E-state index contributed by atoms with van der Waals surface area (Å²) in [6.45, 7) is 13.2. The molecule has 2 heterocycles. The van der Waals surface area contributed by atoms with E-state index >= 15 is 0 Å². The van der Waals surface area contributed by atoms with E-state index in [1.54, 1.807) is 0 Å². The third-order valence-electron chi connectivity index (χ3n) is 11.8. The topological polar surface area (TPSA) is 50.9 Å². The number of phenolic OH excluding ortho intramolecular Hbond substituents is 1. The van der Waals surface area contributed by atoms with Gasteiger partial charge in [0, 0.05) is 38.5 Å². The summed E-state index contributed by atoms with van der Waals surface area (Å²) in [5, 5.41) is 12.3. The van der Waals surface area contributed by atoms with Crippen molar-refractivity contribution in [2.24, 2.45) is 5.92 Å². The van der Waals surface area contributed by atoms with Crippen molar-refractivity contribution in [3.8, 4) is 78.6 Å². The van der Waals surface area contributed by atoms with Gasteiger partial charge >= 0.3 is 0 Å². The third kappa shape index (κ3) is 8.83. The zero-order valence-electron chi connectivity index (χ0n) is 36.7.